The maximum atomic E-state index is 6.54. The summed E-state index contributed by atoms with van der Waals surface area (Å²) in [5.41, 5.74) is 8.19. The fourth-order valence-electron chi connectivity index (χ4n) is 2.51. The number of benzene rings is 1. The van der Waals surface area contributed by atoms with E-state index in [1.54, 1.807) is 0 Å². The molecule has 0 aliphatic carbocycles. The molecule has 3 nitrogen and oxygen atoms in total. The lowest BCUT2D eigenvalue weighted by molar-refractivity contribution is 0.362. The van der Waals surface area contributed by atoms with Gasteiger partial charge >= 0.3 is 0 Å². The Kier molecular flexibility index (Phi) is 3.88. The number of imidazole rings is 1. The number of rotatable bonds is 4. The molecule has 2 rings (SSSR count). The van der Waals surface area contributed by atoms with Gasteiger partial charge in [0.2, 0.25) is 0 Å². The van der Waals surface area contributed by atoms with Crippen molar-refractivity contribution in [2.75, 3.05) is 0 Å². The van der Waals surface area contributed by atoms with Crippen LogP contribution < -0.4 is 5.73 Å². The van der Waals surface area contributed by atoms with E-state index in [1.165, 1.54) is 0 Å². The third-order valence-corrected chi connectivity index (χ3v) is 4.11. The topological polar surface area (TPSA) is 43.8 Å². The molecule has 0 unspecified atom stereocenters. The van der Waals surface area contributed by atoms with Gasteiger partial charge in [-0.15, -0.1) is 0 Å². The van der Waals surface area contributed by atoms with E-state index in [4.69, 9.17) is 22.3 Å². The second-order valence-corrected chi connectivity index (χ2v) is 5.83. The molecule has 0 amide bonds. The fraction of sp³-hybridized carbons (Fsp3) is 0.533. The first-order valence-corrected chi connectivity index (χ1v) is 7.27. The van der Waals surface area contributed by atoms with Crippen molar-refractivity contribution in [1.29, 1.82) is 0 Å². The summed E-state index contributed by atoms with van der Waals surface area (Å²) in [5, 5.41) is 0.711. The van der Waals surface area contributed by atoms with Gasteiger partial charge < -0.3 is 10.3 Å². The summed E-state index contributed by atoms with van der Waals surface area (Å²) in [5.74, 6) is 0.963. The van der Waals surface area contributed by atoms with Crippen LogP contribution in [0.15, 0.2) is 18.2 Å². The Bertz CT molecular complexity index is 582. The van der Waals surface area contributed by atoms with Crippen molar-refractivity contribution in [3.8, 4) is 0 Å². The molecule has 0 aliphatic heterocycles. The lowest BCUT2D eigenvalue weighted by atomic mass is 9.93. The zero-order chi connectivity index (χ0) is 14.2. The first-order valence-electron chi connectivity index (χ1n) is 6.89. The molecule has 1 aromatic carbocycles. The molecule has 0 saturated carbocycles. The average molecular weight is 280 g/mol. The fourth-order valence-corrected chi connectivity index (χ4v) is 2.68. The molecule has 0 saturated heterocycles. The molecule has 0 spiro atoms. The summed E-state index contributed by atoms with van der Waals surface area (Å²) in [7, 11) is 0. The van der Waals surface area contributed by atoms with Crippen LogP contribution in [0, 0.1) is 0 Å². The average Bonchev–Trinajstić information content (AvgIpc) is 2.76. The minimum atomic E-state index is -0.379. The number of fused-ring (bicyclic) bond motifs is 1. The Morgan fingerprint density at radius 3 is 2.47 bits per heavy atom. The summed E-state index contributed by atoms with van der Waals surface area (Å²) < 4.78 is 2.23. The summed E-state index contributed by atoms with van der Waals surface area (Å²) in [6.45, 7) is 8.54. The van der Waals surface area contributed by atoms with Gasteiger partial charge in [0.05, 0.1) is 16.6 Å². The SMILES string of the molecule is CCC(N)(CC)c1nc2cc(Cl)ccc2n1C(C)C. The summed E-state index contributed by atoms with van der Waals surface area (Å²) in [6.07, 6.45) is 1.74. The summed E-state index contributed by atoms with van der Waals surface area (Å²) in [6, 6.07) is 6.16. The largest absolute Gasteiger partial charge is 0.324 e. The smallest absolute Gasteiger partial charge is 0.130 e. The molecular formula is C15H22ClN3. The van der Waals surface area contributed by atoms with Crippen LogP contribution in [0.2, 0.25) is 5.02 Å². The van der Waals surface area contributed by atoms with E-state index in [0.717, 1.165) is 29.7 Å². The maximum absolute atomic E-state index is 6.54. The third-order valence-electron chi connectivity index (χ3n) is 3.88. The number of nitrogens with two attached hydrogens (primary N) is 1. The van der Waals surface area contributed by atoms with E-state index in [-0.39, 0.29) is 5.54 Å². The Balaban J connectivity index is 2.76. The zero-order valence-electron chi connectivity index (χ0n) is 12.1. The zero-order valence-corrected chi connectivity index (χ0v) is 12.8. The quantitative estimate of drug-likeness (QED) is 0.909. The molecule has 1 aromatic heterocycles. The first kappa shape index (κ1) is 14.4. The van der Waals surface area contributed by atoms with Crippen molar-refractivity contribution in [2.45, 2.75) is 52.1 Å². The molecule has 0 radical (unpaired) electrons. The maximum Gasteiger partial charge on any atom is 0.130 e. The van der Waals surface area contributed by atoms with Crippen LogP contribution in [0.25, 0.3) is 11.0 Å². The number of hydrogen-bond donors (Lipinski definition) is 1. The number of hydrogen-bond acceptors (Lipinski definition) is 2. The molecular weight excluding hydrogens is 258 g/mol. The van der Waals surface area contributed by atoms with Crippen LogP contribution in [0.5, 0.6) is 0 Å². The minimum Gasteiger partial charge on any atom is -0.324 e. The predicted octanol–water partition coefficient (Wildman–Crippen LogP) is 4.24. The Morgan fingerprint density at radius 2 is 1.95 bits per heavy atom. The van der Waals surface area contributed by atoms with Gasteiger partial charge in [-0.2, -0.15) is 0 Å². The highest BCUT2D eigenvalue weighted by Gasteiger charge is 2.30. The van der Waals surface area contributed by atoms with E-state index >= 15 is 0 Å². The van der Waals surface area contributed by atoms with E-state index in [1.807, 2.05) is 18.2 Å². The highest BCUT2D eigenvalue weighted by atomic mass is 35.5. The van der Waals surface area contributed by atoms with Gasteiger partial charge in [-0.25, -0.2) is 4.98 Å². The molecule has 2 N–H and O–H groups in total. The van der Waals surface area contributed by atoms with Gasteiger partial charge in [-0.05, 0) is 44.9 Å². The molecule has 19 heavy (non-hydrogen) atoms. The van der Waals surface area contributed by atoms with Gasteiger partial charge in [0.1, 0.15) is 5.82 Å². The molecule has 0 fully saturated rings. The van der Waals surface area contributed by atoms with Crippen LogP contribution in [0.3, 0.4) is 0 Å². The second-order valence-electron chi connectivity index (χ2n) is 5.40. The Morgan fingerprint density at radius 1 is 1.32 bits per heavy atom. The molecule has 4 heteroatoms. The molecule has 0 bridgehead atoms. The van der Waals surface area contributed by atoms with Crippen LogP contribution in [0.4, 0.5) is 0 Å². The minimum absolute atomic E-state index is 0.321. The number of nitrogens with zero attached hydrogens (tertiary/aromatic N) is 2. The van der Waals surface area contributed by atoms with Crippen LogP contribution in [-0.4, -0.2) is 9.55 Å². The second kappa shape index (κ2) is 5.14. The molecule has 0 atom stereocenters. The van der Waals surface area contributed by atoms with E-state index in [9.17, 15) is 0 Å². The lowest BCUT2D eigenvalue weighted by Crippen LogP contribution is -2.38. The monoisotopic (exact) mass is 279 g/mol. The van der Waals surface area contributed by atoms with Crippen molar-refractivity contribution in [3.63, 3.8) is 0 Å². The molecule has 2 aromatic rings. The highest BCUT2D eigenvalue weighted by Crippen LogP contribution is 2.32. The lowest BCUT2D eigenvalue weighted by Gasteiger charge is -2.28. The van der Waals surface area contributed by atoms with Crippen molar-refractivity contribution < 1.29 is 0 Å². The van der Waals surface area contributed by atoms with Crippen molar-refractivity contribution in [1.82, 2.24) is 9.55 Å². The molecule has 104 valence electrons. The summed E-state index contributed by atoms with van der Waals surface area (Å²) in [4.78, 5) is 4.76. The first-order chi connectivity index (χ1) is 8.92. The number of aromatic nitrogens is 2. The number of halogens is 1. The highest BCUT2D eigenvalue weighted by molar-refractivity contribution is 6.31. The third kappa shape index (κ3) is 2.37. The van der Waals surface area contributed by atoms with E-state index in [0.29, 0.717) is 11.1 Å². The normalized spacial score (nSPS) is 12.6. The van der Waals surface area contributed by atoms with E-state index < -0.39 is 0 Å². The van der Waals surface area contributed by atoms with Gasteiger partial charge in [-0.1, -0.05) is 25.4 Å². The van der Waals surface area contributed by atoms with Gasteiger partial charge in [0.25, 0.3) is 0 Å². The molecule has 0 aliphatic rings. The molecule has 1 heterocycles. The standard InChI is InChI=1S/C15H22ClN3/c1-5-15(17,6-2)14-18-12-9-11(16)7-8-13(12)19(14)10(3)4/h7-10H,5-6,17H2,1-4H3. The van der Waals surface area contributed by atoms with Gasteiger partial charge in [0, 0.05) is 11.1 Å². The Hall–Kier alpha value is -1.06. The van der Waals surface area contributed by atoms with Crippen molar-refractivity contribution >= 4 is 22.6 Å². The summed E-state index contributed by atoms with van der Waals surface area (Å²) >= 11 is 6.06. The van der Waals surface area contributed by atoms with Crippen LogP contribution in [-0.2, 0) is 5.54 Å². The van der Waals surface area contributed by atoms with Crippen LogP contribution in [0.1, 0.15) is 52.4 Å². The van der Waals surface area contributed by atoms with Crippen molar-refractivity contribution in [2.24, 2.45) is 5.73 Å². The van der Waals surface area contributed by atoms with Crippen LogP contribution >= 0.6 is 11.6 Å². The Labute approximate surface area is 119 Å². The van der Waals surface area contributed by atoms with Crippen molar-refractivity contribution in [3.05, 3.63) is 29.0 Å². The predicted molar refractivity (Wildman–Crippen MR) is 81.6 cm³/mol. The van der Waals surface area contributed by atoms with Gasteiger partial charge in [0.15, 0.2) is 0 Å². The van der Waals surface area contributed by atoms with Gasteiger partial charge in [-0.3, -0.25) is 0 Å². The van der Waals surface area contributed by atoms with E-state index in [2.05, 4.69) is 32.3 Å².